The van der Waals surface area contributed by atoms with Gasteiger partial charge in [-0.05, 0) is 24.3 Å². The fourth-order valence-corrected chi connectivity index (χ4v) is 4.47. The third-order valence-corrected chi connectivity index (χ3v) is 7.07. The summed E-state index contributed by atoms with van der Waals surface area (Å²) in [5.41, 5.74) is 0.712. The molecule has 2 aliphatic rings. The fourth-order valence-electron chi connectivity index (χ4n) is 4.47. The second-order valence-electron chi connectivity index (χ2n) is 10.1. The maximum Gasteiger partial charge on any atom is 0.333 e. The quantitative estimate of drug-likeness (QED) is 0.182. The molecule has 2 aromatic rings. The van der Waals surface area contributed by atoms with E-state index in [2.05, 4.69) is 0 Å². The van der Waals surface area contributed by atoms with Crippen molar-refractivity contribution in [3.8, 4) is 11.5 Å². The van der Waals surface area contributed by atoms with E-state index in [1.807, 2.05) is 0 Å². The third kappa shape index (κ3) is 7.47. The molecular weight excluding hydrogens is 600 g/mol. The Kier molecular flexibility index (Phi) is 11.0. The number of urea groups is 2. The number of amides is 8. The smallest absolute Gasteiger partial charge is 0.333 e. The van der Waals surface area contributed by atoms with Crippen LogP contribution >= 0.6 is 0 Å². The molecule has 2 fully saturated rings. The van der Waals surface area contributed by atoms with Gasteiger partial charge >= 0.3 is 12.1 Å². The SMILES string of the molecule is CN1C(=O)C(=Cc2ccccc2OCCOCCOCCOc2ccccc2C=C2C(=O)N(C)C(=O)N(C)C2=O)C(=O)N(C)C1=O. The van der Waals surface area contributed by atoms with Crippen LogP contribution in [0.1, 0.15) is 11.1 Å². The Hall–Kier alpha value is -5.34. The Bertz CT molecular complexity index is 1430. The van der Waals surface area contributed by atoms with E-state index < -0.39 is 35.7 Å². The number of para-hydroxylation sites is 2. The lowest BCUT2D eigenvalue weighted by atomic mass is 10.1. The van der Waals surface area contributed by atoms with E-state index in [1.54, 1.807) is 48.5 Å². The Morgan fingerprint density at radius 2 is 0.783 bits per heavy atom. The largest absolute Gasteiger partial charge is 0.491 e. The first-order chi connectivity index (χ1) is 22.0. The van der Waals surface area contributed by atoms with Gasteiger partial charge in [0, 0.05) is 39.3 Å². The van der Waals surface area contributed by atoms with Crippen molar-refractivity contribution in [2.75, 3.05) is 67.8 Å². The molecule has 0 atom stereocenters. The van der Waals surface area contributed by atoms with Crippen LogP contribution in [-0.2, 0) is 28.7 Å². The first-order valence-electron chi connectivity index (χ1n) is 14.3. The van der Waals surface area contributed by atoms with Crippen molar-refractivity contribution in [2.45, 2.75) is 0 Å². The summed E-state index contributed by atoms with van der Waals surface area (Å²) in [5.74, 6) is -1.88. The van der Waals surface area contributed by atoms with E-state index in [0.717, 1.165) is 19.6 Å². The molecule has 2 heterocycles. The molecule has 46 heavy (non-hydrogen) atoms. The van der Waals surface area contributed by atoms with E-state index in [1.165, 1.54) is 40.3 Å². The Labute approximate surface area is 265 Å². The van der Waals surface area contributed by atoms with Crippen molar-refractivity contribution in [3.05, 3.63) is 70.8 Å². The molecule has 0 saturated carbocycles. The molecular formula is C32H34N4O10. The Balaban J connectivity index is 1.19. The lowest BCUT2D eigenvalue weighted by Crippen LogP contribution is -2.52. The molecule has 14 nitrogen and oxygen atoms in total. The molecule has 0 bridgehead atoms. The van der Waals surface area contributed by atoms with E-state index in [0.29, 0.717) is 22.6 Å². The zero-order chi connectivity index (χ0) is 33.4. The molecule has 0 unspecified atom stereocenters. The number of hydrogen-bond acceptors (Lipinski definition) is 10. The van der Waals surface area contributed by atoms with E-state index >= 15 is 0 Å². The van der Waals surface area contributed by atoms with Crippen molar-refractivity contribution < 1.29 is 47.7 Å². The molecule has 2 aliphatic heterocycles. The van der Waals surface area contributed by atoms with Crippen molar-refractivity contribution in [2.24, 2.45) is 0 Å². The summed E-state index contributed by atoms with van der Waals surface area (Å²) in [5, 5.41) is 0. The summed E-state index contributed by atoms with van der Waals surface area (Å²) >= 11 is 0. The van der Waals surface area contributed by atoms with E-state index in [-0.39, 0.29) is 50.8 Å². The van der Waals surface area contributed by atoms with Crippen LogP contribution in [0.15, 0.2) is 59.7 Å². The number of likely N-dealkylation sites (N-methyl/N-ethyl adjacent to an activating group) is 4. The Morgan fingerprint density at radius 1 is 0.478 bits per heavy atom. The number of hydrogen-bond donors (Lipinski definition) is 0. The van der Waals surface area contributed by atoms with Crippen LogP contribution in [0.5, 0.6) is 11.5 Å². The first kappa shape index (κ1) is 33.6. The number of nitrogens with zero attached hydrogens (tertiary/aromatic N) is 4. The molecule has 0 aromatic heterocycles. The second-order valence-corrected chi connectivity index (χ2v) is 10.1. The van der Waals surface area contributed by atoms with Crippen molar-refractivity contribution in [3.63, 3.8) is 0 Å². The summed E-state index contributed by atoms with van der Waals surface area (Å²) < 4.78 is 22.7. The number of barbiturate groups is 2. The molecule has 8 amide bonds. The molecule has 0 aliphatic carbocycles. The molecule has 4 rings (SSSR count). The first-order valence-corrected chi connectivity index (χ1v) is 14.3. The minimum atomic E-state index is -0.696. The third-order valence-electron chi connectivity index (χ3n) is 7.07. The zero-order valence-corrected chi connectivity index (χ0v) is 25.9. The van der Waals surface area contributed by atoms with Crippen molar-refractivity contribution in [1.29, 1.82) is 0 Å². The van der Waals surface area contributed by atoms with Crippen LogP contribution in [0.25, 0.3) is 12.2 Å². The highest BCUT2D eigenvalue weighted by Crippen LogP contribution is 2.25. The molecule has 2 saturated heterocycles. The van der Waals surface area contributed by atoms with Crippen molar-refractivity contribution in [1.82, 2.24) is 19.6 Å². The van der Waals surface area contributed by atoms with Crippen LogP contribution in [0.3, 0.4) is 0 Å². The predicted octanol–water partition coefficient (Wildman–Crippen LogP) is 2.05. The molecule has 242 valence electrons. The number of rotatable bonds is 13. The monoisotopic (exact) mass is 634 g/mol. The summed E-state index contributed by atoms with van der Waals surface area (Å²) in [6, 6.07) is 12.4. The lowest BCUT2D eigenvalue weighted by Gasteiger charge is -2.29. The Morgan fingerprint density at radius 3 is 1.13 bits per heavy atom. The van der Waals surface area contributed by atoms with E-state index in [4.69, 9.17) is 18.9 Å². The summed E-state index contributed by atoms with van der Waals surface area (Å²) in [7, 11) is 5.25. The van der Waals surface area contributed by atoms with Gasteiger partial charge < -0.3 is 18.9 Å². The number of benzene rings is 2. The number of carbonyl (C=O) groups is 6. The van der Waals surface area contributed by atoms with Crippen LogP contribution in [-0.4, -0.2) is 123 Å². The average Bonchev–Trinajstić information content (AvgIpc) is 3.06. The van der Waals surface area contributed by atoms with Gasteiger partial charge in [0.2, 0.25) is 0 Å². The minimum Gasteiger partial charge on any atom is -0.491 e. The standard InChI is InChI=1S/C32H34N4O10/c1-33-27(37)23(28(38)34(2)31(33)41)19-21-9-5-7-11-25(21)45-17-15-43-13-14-44-16-18-46-26-12-8-6-10-22(26)20-24-29(39)35(3)32(42)36(4)30(24)40/h5-12,19-20H,13-18H2,1-4H3. The summed E-state index contributed by atoms with van der Waals surface area (Å²) in [6.45, 7) is 1.46. The van der Waals surface area contributed by atoms with Gasteiger partial charge in [-0.3, -0.25) is 38.8 Å². The van der Waals surface area contributed by atoms with Crippen LogP contribution in [0, 0.1) is 0 Å². The number of carbonyl (C=O) groups excluding carboxylic acids is 6. The topological polar surface area (TPSA) is 152 Å². The van der Waals surface area contributed by atoms with Crippen LogP contribution in [0.2, 0.25) is 0 Å². The highest BCUT2D eigenvalue weighted by Gasteiger charge is 2.39. The molecule has 2 aromatic carbocycles. The van der Waals surface area contributed by atoms with Gasteiger partial charge in [-0.25, -0.2) is 9.59 Å². The van der Waals surface area contributed by atoms with Crippen LogP contribution in [0.4, 0.5) is 9.59 Å². The highest BCUT2D eigenvalue weighted by molar-refractivity contribution is 6.31. The second kappa shape index (κ2) is 15.1. The maximum atomic E-state index is 12.5. The van der Waals surface area contributed by atoms with Gasteiger partial charge in [-0.15, -0.1) is 0 Å². The molecule has 14 heteroatoms. The zero-order valence-electron chi connectivity index (χ0n) is 25.9. The lowest BCUT2D eigenvalue weighted by molar-refractivity contribution is -0.135. The number of ether oxygens (including phenoxy) is 4. The minimum absolute atomic E-state index is 0.147. The molecule has 0 spiro atoms. The highest BCUT2D eigenvalue weighted by atomic mass is 16.6. The van der Waals surface area contributed by atoms with Gasteiger partial charge in [-0.2, -0.15) is 0 Å². The molecule has 0 N–H and O–H groups in total. The van der Waals surface area contributed by atoms with Gasteiger partial charge in [0.1, 0.15) is 35.9 Å². The van der Waals surface area contributed by atoms with Crippen LogP contribution < -0.4 is 9.47 Å². The van der Waals surface area contributed by atoms with Gasteiger partial charge in [0.25, 0.3) is 23.6 Å². The van der Waals surface area contributed by atoms with Gasteiger partial charge in [0.15, 0.2) is 0 Å². The maximum absolute atomic E-state index is 12.5. The fraction of sp³-hybridized carbons (Fsp3) is 0.312. The normalized spacial score (nSPS) is 15.7. The van der Waals surface area contributed by atoms with Gasteiger partial charge in [-0.1, -0.05) is 36.4 Å². The van der Waals surface area contributed by atoms with Crippen molar-refractivity contribution >= 4 is 47.8 Å². The molecule has 0 radical (unpaired) electrons. The predicted molar refractivity (Wildman–Crippen MR) is 163 cm³/mol. The van der Waals surface area contributed by atoms with E-state index in [9.17, 15) is 28.8 Å². The average molecular weight is 635 g/mol. The summed E-state index contributed by atoms with van der Waals surface area (Å²) in [4.78, 5) is 77.6. The number of imide groups is 4. The van der Waals surface area contributed by atoms with Gasteiger partial charge in [0.05, 0.1) is 26.4 Å². The summed E-state index contributed by atoms with van der Waals surface area (Å²) in [6.07, 6.45) is 2.81.